The normalized spacial score (nSPS) is 13.9. The lowest BCUT2D eigenvalue weighted by atomic mass is 10.1. The monoisotopic (exact) mass is 793 g/mol. The number of nitrogens with one attached hydrogen (secondary N) is 5. The number of carbonyl (C=O) groups is 6. The van der Waals surface area contributed by atoms with E-state index in [0.29, 0.717) is 32.0 Å². The van der Waals surface area contributed by atoms with Crippen LogP contribution in [0.4, 0.5) is 21.0 Å². The molecule has 2 aromatic rings. The first-order valence-corrected chi connectivity index (χ1v) is 17.4. The second-order valence-electron chi connectivity index (χ2n) is 13.7. The molecule has 54 heavy (non-hydrogen) atoms. The van der Waals surface area contributed by atoms with Crippen molar-refractivity contribution in [1.82, 2.24) is 21.3 Å². The van der Waals surface area contributed by atoms with E-state index >= 15 is 0 Å². The van der Waals surface area contributed by atoms with Gasteiger partial charge in [0.05, 0.1) is 42.5 Å². The maximum Gasteiger partial charge on any atom is 0.437 e. The maximum absolute atomic E-state index is 13.2. The fourth-order valence-electron chi connectivity index (χ4n) is 4.63. The van der Waals surface area contributed by atoms with Gasteiger partial charge in [0.25, 0.3) is 11.8 Å². The summed E-state index contributed by atoms with van der Waals surface area (Å²) in [6.45, 7) is 11.3. The minimum atomic E-state index is -1.33. The summed E-state index contributed by atoms with van der Waals surface area (Å²) in [7, 11) is 1.11. The van der Waals surface area contributed by atoms with Gasteiger partial charge in [-0.3, -0.25) is 19.7 Å². The summed E-state index contributed by atoms with van der Waals surface area (Å²) >= 11 is 12.9. The number of halogens is 2. The van der Waals surface area contributed by atoms with Crippen LogP contribution in [0.5, 0.6) is 0 Å². The first kappa shape index (κ1) is 43.3. The van der Waals surface area contributed by atoms with Crippen molar-refractivity contribution >= 4 is 76.4 Å². The number of nitrogens with zero attached hydrogens (tertiary/aromatic N) is 2. The second kappa shape index (κ2) is 19.3. The average Bonchev–Trinajstić information content (AvgIpc) is 3.07. The topological polar surface area (TPSA) is 215 Å². The summed E-state index contributed by atoms with van der Waals surface area (Å²) in [5, 5.41) is 12.6. The minimum Gasteiger partial charge on any atom is -0.467 e. The molecule has 0 aliphatic carbocycles. The maximum atomic E-state index is 13.2. The van der Waals surface area contributed by atoms with E-state index in [-0.39, 0.29) is 32.8 Å². The van der Waals surface area contributed by atoms with Gasteiger partial charge in [-0.25, -0.2) is 14.4 Å². The van der Waals surface area contributed by atoms with Gasteiger partial charge >= 0.3 is 18.2 Å². The zero-order valence-electron chi connectivity index (χ0n) is 31.0. The van der Waals surface area contributed by atoms with Crippen LogP contribution in [-0.4, -0.2) is 106 Å². The molecule has 0 aromatic heterocycles. The first-order valence-electron chi connectivity index (χ1n) is 16.7. The summed E-state index contributed by atoms with van der Waals surface area (Å²) in [6, 6.07) is 7.72. The molecule has 1 aliphatic heterocycles. The van der Waals surface area contributed by atoms with Crippen molar-refractivity contribution in [2.45, 2.75) is 58.8 Å². The smallest absolute Gasteiger partial charge is 0.437 e. The number of alkyl carbamates (subject to hydrolysis) is 1. The Labute approximate surface area is 322 Å². The summed E-state index contributed by atoms with van der Waals surface area (Å²) in [5.74, 6) is -3.32. The Hall–Kier alpha value is -5.13. The average molecular weight is 795 g/mol. The molecule has 19 heteroatoms. The van der Waals surface area contributed by atoms with Crippen molar-refractivity contribution in [3.63, 3.8) is 0 Å². The van der Waals surface area contributed by atoms with E-state index in [1.54, 1.807) is 53.7 Å². The number of guanidine groups is 1. The molecule has 1 aliphatic rings. The summed E-state index contributed by atoms with van der Waals surface area (Å²) in [6.07, 6.45) is -1.90. The third kappa shape index (κ3) is 14.4. The zero-order chi connectivity index (χ0) is 40.2. The number of morpholine rings is 1. The molecule has 3 rings (SSSR count). The molecule has 1 heterocycles. The number of esters is 1. The third-order valence-corrected chi connectivity index (χ3v) is 7.53. The van der Waals surface area contributed by atoms with E-state index in [2.05, 4.69) is 31.6 Å². The van der Waals surface area contributed by atoms with Gasteiger partial charge in [-0.15, -0.1) is 4.99 Å². The number of amides is 5. The van der Waals surface area contributed by atoms with E-state index in [1.165, 1.54) is 24.3 Å². The Morgan fingerprint density at radius 1 is 0.889 bits per heavy atom. The quantitative estimate of drug-likeness (QED) is 0.100. The molecule has 0 saturated carbocycles. The van der Waals surface area contributed by atoms with Crippen LogP contribution < -0.4 is 31.5 Å². The molecule has 2 aromatic carbocycles. The third-order valence-electron chi connectivity index (χ3n) is 6.94. The number of methoxy groups -OCH3 is 1. The Bertz CT molecular complexity index is 1730. The number of hydrogen-bond acceptors (Lipinski definition) is 11. The van der Waals surface area contributed by atoms with Crippen LogP contribution in [0.1, 0.15) is 62.3 Å². The van der Waals surface area contributed by atoms with Gasteiger partial charge in [-0.2, -0.15) is 0 Å². The van der Waals surface area contributed by atoms with Gasteiger partial charge in [-0.05, 0) is 71.9 Å². The Kier molecular flexibility index (Phi) is 15.4. The highest BCUT2D eigenvalue weighted by Gasteiger charge is 2.27. The molecule has 17 nitrogen and oxygen atoms in total. The lowest BCUT2D eigenvalue weighted by molar-refractivity contribution is -0.142. The Morgan fingerprint density at radius 3 is 2.11 bits per heavy atom. The van der Waals surface area contributed by atoms with E-state index < -0.39 is 66.2 Å². The van der Waals surface area contributed by atoms with E-state index in [1.807, 2.05) is 4.90 Å². The van der Waals surface area contributed by atoms with Crippen LogP contribution in [0, 0.1) is 0 Å². The number of rotatable bonds is 10. The van der Waals surface area contributed by atoms with Crippen LogP contribution in [0.2, 0.25) is 10.0 Å². The van der Waals surface area contributed by atoms with Crippen LogP contribution in [0.3, 0.4) is 0 Å². The fraction of sp³-hybridized carbons (Fsp3) is 0.457. The van der Waals surface area contributed by atoms with Crippen molar-refractivity contribution < 1.29 is 47.7 Å². The number of anilines is 2. The molecule has 0 radical (unpaired) electrons. The number of benzene rings is 2. The van der Waals surface area contributed by atoms with Crippen molar-refractivity contribution in [3.8, 4) is 0 Å². The van der Waals surface area contributed by atoms with Gasteiger partial charge in [0.1, 0.15) is 17.2 Å². The van der Waals surface area contributed by atoms with Gasteiger partial charge in [0.15, 0.2) is 0 Å². The number of carbonyl (C=O) groups excluding carboxylic acids is 6. The van der Waals surface area contributed by atoms with Crippen LogP contribution >= 0.6 is 23.2 Å². The van der Waals surface area contributed by atoms with Gasteiger partial charge < -0.3 is 45.1 Å². The number of ether oxygens (including phenoxy) is 4. The zero-order valence-corrected chi connectivity index (χ0v) is 32.5. The number of aliphatic imine (C=N–C) groups is 1. The molecule has 1 atom stereocenters. The minimum absolute atomic E-state index is 0.0574. The highest BCUT2D eigenvalue weighted by molar-refractivity contribution is 6.40. The first-order chi connectivity index (χ1) is 25.2. The SMILES string of the molecule is COC(=O)C(CNC(=O)CNC(=O)c1cccc(N/C(=N\C(=O)OC(C)(C)C)NC(=O)OC(C)(C)C)c1)NC(=O)c1c(Cl)cc(N2CCOCC2)cc1Cl. The predicted molar refractivity (Wildman–Crippen MR) is 201 cm³/mol. The predicted octanol–water partition coefficient (Wildman–Crippen LogP) is 3.88. The largest absolute Gasteiger partial charge is 0.467 e. The molecule has 1 fully saturated rings. The van der Waals surface area contributed by atoms with E-state index in [9.17, 15) is 28.8 Å². The summed E-state index contributed by atoms with van der Waals surface area (Å²) in [5.41, 5.74) is -0.747. The van der Waals surface area contributed by atoms with Crippen molar-refractivity contribution in [1.29, 1.82) is 0 Å². The number of hydrogen-bond donors (Lipinski definition) is 5. The fourth-order valence-corrected chi connectivity index (χ4v) is 5.27. The van der Waals surface area contributed by atoms with Crippen LogP contribution in [-0.2, 0) is 28.5 Å². The lowest BCUT2D eigenvalue weighted by Gasteiger charge is -2.29. The van der Waals surface area contributed by atoms with Crippen LogP contribution in [0.25, 0.3) is 0 Å². The standard InChI is InChI=1S/C35H45Cl2N7O10/c1-34(2,3)53-32(49)42-31(43-33(50)54-35(4,5)6)40-21-10-8-9-20(15-21)28(46)39-19-26(45)38-18-25(30(48)51-7)41-29(47)27-23(36)16-22(17-24(27)37)44-11-13-52-14-12-44/h8-10,15-17,25H,11-14,18-19H2,1-7H3,(H,38,45)(H,39,46)(H,41,47)(H2,40,42,43,49,50). The lowest BCUT2D eigenvalue weighted by Crippen LogP contribution is -2.50. The molecule has 1 saturated heterocycles. The highest BCUT2D eigenvalue weighted by atomic mass is 35.5. The highest BCUT2D eigenvalue weighted by Crippen LogP contribution is 2.31. The molecule has 1 unspecified atom stereocenters. The van der Waals surface area contributed by atoms with Gasteiger partial charge in [0.2, 0.25) is 11.9 Å². The van der Waals surface area contributed by atoms with Gasteiger partial charge in [-0.1, -0.05) is 29.3 Å². The summed E-state index contributed by atoms with van der Waals surface area (Å²) < 4.78 is 20.6. The van der Waals surface area contributed by atoms with Gasteiger partial charge in [0, 0.05) is 36.6 Å². The molecule has 5 amide bonds. The molecule has 0 spiro atoms. The van der Waals surface area contributed by atoms with E-state index in [0.717, 1.165) is 7.11 Å². The molecule has 294 valence electrons. The van der Waals surface area contributed by atoms with Crippen molar-refractivity contribution in [3.05, 3.63) is 57.6 Å². The van der Waals surface area contributed by atoms with Crippen molar-refractivity contribution in [2.75, 3.05) is 56.7 Å². The van der Waals surface area contributed by atoms with Crippen LogP contribution in [0.15, 0.2) is 41.4 Å². The second-order valence-corrected chi connectivity index (χ2v) is 14.5. The summed E-state index contributed by atoms with van der Waals surface area (Å²) in [4.78, 5) is 82.0. The van der Waals surface area contributed by atoms with Crippen molar-refractivity contribution in [2.24, 2.45) is 4.99 Å². The molecule has 0 bridgehead atoms. The molecule has 5 N–H and O–H groups in total. The van der Waals surface area contributed by atoms with E-state index in [4.69, 9.17) is 42.1 Å². The Morgan fingerprint density at radius 2 is 1.52 bits per heavy atom. The molecular weight excluding hydrogens is 749 g/mol. The molecular formula is C35H45Cl2N7O10. The Balaban J connectivity index is 1.62.